The molecule has 0 aromatic carbocycles. The lowest BCUT2D eigenvalue weighted by Crippen LogP contribution is -2.35. The highest BCUT2D eigenvalue weighted by Gasteiger charge is 2.36. The lowest BCUT2D eigenvalue weighted by atomic mass is 10.2. The Hall–Kier alpha value is -1.18. The zero-order chi connectivity index (χ0) is 14.7. The van der Waals surface area contributed by atoms with Gasteiger partial charge >= 0.3 is 5.69 Å². The van der Waals surface area contributed by atoms with Crippen LogP contribution in [0.4, 0.5) is 4.39 Å². The minimum Gasteiger partial charge on any atom is -0.379 e. The highest BCUT2D eigenvalue weighted by molar-refractivity contribution is 6.21. The van der Waals surface area contributed by atoms with E-state index in [1.54, 1.807) is 0 Å². The van der Waals surface area contributed by atoms with Crippen molar-refractivity contribution in [2.75, 3.05) is 13.2 Å². The third-order valence-electron chi connectivity index (χ3n) is 2.98. The zero-order valence-electron chi connectivity index (χ0n) is 11.0. The standard InChI is InChI=1S/C12H16ClFN2O4/c1-2-3-19-6-7-4-8(13)11(20-7)16-5-9(14)10(17)15-12(16)18/h5,7-8,11H,2-4,6H2,1H3,(H,15,17,18). The fraction of sp³-hybridized carbons (Fsp3) is 0.667. The molecule has 2 rings (SSSR count). The highest BCUT2D eigenvalue weighted by Crippen LogP contribution is 2.32. The number of alkyl halides is 1. The van der Waals surface area contributed by atoms with Gasteiger partial charge in [0.05, 0.1) is 24.3 Å². The normalized spacial score (nSPS) is 26.1. The Balaban J connectivity index is 2.12. The summed E-state index contributed by atoms with van der Waals surface area (Å²) in [5, 5.41) is -0.492. The zero-order valence-corrected chi connectivity index (χ0v) is 11.7. The fourth-order valence-corrected chi connectivity index (χ4v) is 2.44. The largest absolute Gasteiger partial charge is 0.379 e. The van der Waals surface area contributed by atoms with Crippen molar-refractivity contribution in [3.63, 3.8) is 0 Å². The number of hydrogen-bond donors (Lipinski definition) is 1. The first-order chi connectivity index (χ1) is 9.52. The molecule has 1 aromatic rings. The number of hydrogen-bond acceptors (Lipinski definition) is 4. The third-order valence-corrected chi connectivity index (χ3v) is 3.37. The van der Waals surface area contributed by atoms with Crippen LogP contribution in [0.15, 0.2) is 15.8 Å². The minimum atomic E-state index is -1.06. The number of ether oxygens (including phenoxy) is 2. The van der Waals surface area contributed by atoms with Crippen LogP contribution in [-0.2, 0) is 9.47 Å². The predicted octanol–water partition coefficient (Wildman–Crippen LogP) is 0.997. The van der Waals surface area contributed by atoms with Crippen molar-refractivity contribution in [1.82, 2.24) is 9.55 Å². The number of aromatic amines is 1. The van der Waals surface area contributed by atoms with Crippen molar-refractivity contribution in [1.29, 1.82) is 0 Å². The Kier molecular flexibility index (Phi) is 4.95. The van der Waals surface area contributed by atoms with Crippen molar-refractivity contribution >= 4 is 11.6 Å². The number of aromatic nitrogens is 2. The molecule has 0 amide bonds. The molecule has 1 saturated heterocycles. The maximum absolute atomic E-state index is 13.3. The van der Waals surface area contributed by atoms with Gasteiger partial charge in [-0.2, -0.15) is 4.39 Å². The quantitative estimate of drug-likeness (QED) is 0.650. The second-order valence-corrected chi connectivity index (χ2v) is 5.18. The van der Waals surface area contributed by atoms with Gasteiger partial charge in [-0.05, 0) is 12.8 Å². The number of nitrogens with zero attached hydrogens (tertiary/aromatic N) is 1. The second-order valence-electron chi connectivity index (χ2n) is 4.62. The molecular formula is C12H16ClFN2O4. The monoisotopic (exact) mass is 306 g/mol. The van der Waals surface area contributed by atoms with Crippen molar-refractivity contribution in [3.05, 3.63) is 32.9 Å². The molecule has 1 N–H and O–H groups in total. The van der Waals surface area contributed by atoms with Crippen LogP contribution in [0, 0.1) is 5.82 Å². The highest BCUT2D eigenvalue weighted by atomic mass is 35.5. The summed E-state index contributed by atoms with van der Waals surface area (Å²) in [5.74, 6) is -1.05. The summed E-state index contributed by atoms with van der Waals surface area (Å²) in [6.45, 7) is 2.98. The molecule has 0 radical (unpaired) electrons. The van der Waals surface area contributed by atoms with Crippen LogP contribution in [0.5, 0.6) is 0 Å². The first kappa shape index (κ1) is 15.2. The van der Waals surface area contributed by atoms with Crippen molar-refractivity contribution in [2.45, 2.75) is 37.5 Å². The first-order valence-electron chi connectivity index (χ1n) is 6.41. The molecule has 1 fully saturated rings. The molecule has 1 aliphatic heterocycles. The second kappa shape index (κ2) is 6.51. The van der Waals surface area contributed by atoms with Gasteiger partial charge in [-0.1, -0.05) is 6.92 Å². The molecule has 6 nitrogen and oxygen atoms in total. The van der Waals surface area contributed by atoms with Gasteiger partial charge in [-0.25, -0.2) is 4.79 Å². The van der Waals surface area contributed by atoms with Crippen LogP contribution >= 0.6 is 11.6 Å². The maximum Gasteiger partial charge on any atom is 0.330 e. The van der Waals surface area contributed by atoms with Gasteiger partial charge in [0, 0.05) is 6.61 Å². The topological polar surface area (TPSA) is 73.3 Å². The summed E-state index contributed by atoms with van der Waals surface area (Å²) in [5.41, 5.74) is -1.81. The van der Waals surface area contributed by atoms with E-state index in [4.69, 9.17) is 21.1 Å². The Morgan fingerprint density at radius 2 is 2.35 bits per heavy atom. The van der Waals surface area contributed by atoms with E-state index < -0.39 is 28.7 Å². The Bertz CT molecular complexity index is 573. The first-order valence-corrected chi connectivity index (χ1v) is 6.84. The summed E-state index contributed by atoms with van der Waals surface area (Å²) >= 11 is 6.13. The van der Waals surface area contributed by atoms with Crippen molar-refractivity contribution in [3.8, 4) is 0 Å². The van der Waals surface area contributed by atoms with Gasteiger partial charge in [0.15, 0.2) is 6.23 Å². The molecule has 1 aromatic heterocycles. The number of H-pyrrole nitrogens is 1. The van der Waals surface area contributed by atoms with Crippen LogP contribution in [0.2, 0.25) is 0 Å². The minimum absolute atomic E-state index is 0.254. The van der Waals surface area contributed by atoms with E-state index in [0.717, 1.165) is 17.2 Å². The Morgan fingerprint density at radius 1 is 1.60 bits per heavy atom. The molecule has 3 unspecified atom stereocenters. The van der Waals surface area contributed by atoms with Gasteiger partial charge in [-0.15, -0.1) is 11.6 Å². The summed E-state index contributed by atoms with van der Waals surface area (Å²) in [6.07, 6.45) is 1.13. The SMILES string of the molecule is CCCOCC1CC(Cl)C(n2cc(F)c(=O)[nH]c2=O)O1. The van der Waals surface area contributed by atoms with Crippen LogP contribution < -0.4 is 11.2 Å². The van der Waals surface area contributed by atoms with Crippen LogP contribution in [0.3, 0.4) is 0 Å². The predicted molar refractivity (Wildman–Crippen MR) is 70.6 cm³/mol. The average molecular weight is 307 g/mol. The molecule has 0 saturated carbocycles. The van der Waals surface area contributed by atoms with E-state index in [-0.39, 0.29) is 6.10 Å². The molecule has 0 bridgehead atoms. The molecular weight excluding hydrogens is 291 g/mol. The lowest BCUT2D eigenvalue weighted by Gasteiger charge is -2.17. The van der Waals surface area contributed by atoms with Gasteiger partial charge < -0.3 is 9.47 Å². The van der Waals surface area contributed by atoms with Crippen LogP contribution in [0.1, 0.15) is 26.0 Å². The van der Waals surface area contributed by atoms with E-state index in [2.05, 4.69) is 0 Å². The van der Waals surface area contributed by atoms with Gasteiger partial charge in [-0.3, -0.25) is 14.3 Å². The lowest BCUT2D eigenvalue weighted by molar-refractivity contribution is -0.0424. The molecule has 2 heterocycles. The van der Waals surface area contributed by atoms with Gasteiger partial charge in [0.25, 0.3) is 5.56 Å². The maximum atomic E-state index is 13.3. The van der Waals surface area contributed by atoms with Crippen LogP contribution in [-0.4, -0.2) is 34.2 Å². The van der Waals surface area contributed by atoms with Crippen molar-refractivity contribution in [2.24, 2.45) is 0 Å². The number of rotatable bonds is 5. The number of nitrogens with one attached hydrogen (secondary N) is 1. The van der Waals surface area contributed by atoms with E-state index in [1.807, 2.05) is 11.9 Å². The van der Waals surface area contributed by atoms with Gasteiger partial charge in [0.2, 0.25) is 5.82 Å². The Morgan fingerprint density at radius 3 is 3.05 bits per heavy atom. The van der Waals surface area contributed by atoms with E-state index >= 15 is 0 Å². The molecule has 20 heavy (non-hydrogen) atoms. The molecule has 0 aliphatic carbocycles. The summed E-state index contributed by atoms with van der Waals surface area (Å²) < 4.78 is 25.2. The summed E-state index contributed by atoms with van der Waals surface area (Å²) in [7, 11) is 0. The molecule has 0 spiro atoms. The van der Waals surface area contributed by atoms with E-state index in [1.165, 1.54) is 0 Å². The van der Waals surface area contributed by atoms with E-state index in [9.17, 15) is 14.0 Å². The molecule has 112 valence electrons. The third kappa shape index (κ3) is 3.28. The van der Waals surface area contributed by atoms with Gasteiger partial charge in [0.1, 0.15) is 0 Å². The smallest absolute Gasteiger partial charge is 0.330 e. The number of halogens is 2. The molecule has 3 atom stereocenters. The molecule has 8 heteroatoms. The van der Waals surface area contributed by atoms with E-state index in [0.29, 0.717) is 19.6 Å². The van der Waals surface area contributed by atoms with Crippen LogP contribution in [0.25, 0.3) is 0 Å². The summed E-state index contributed by atoms with van der Waals surface area (Å²) in [6, 6.07) is 0. The Labute approximate surface area is 119 Å². The van der Waals surface area contributed by atoms with Crippen molar-refractivity contribution < 1.29 is 13.9 Å². The molecule has 1 aliphatic rings. The summed E-state index contributed by atoms with van der Waals surface area (Å²) in [4.78, 5) is 24.5. The fourth-order valence-electron chi connectivity index (χ4n) is 2.06. The average Bonchev–Trinajstić information content (AvgIpc) is 2.75.